The van der Waals surface area contributed by atoms with Gasteiger partial charge >= 0.3 is 11.9 Å². The van der Waals surface area contributed by atoms with Gasteiger partial charge in [0.25, 0.3) is 5.22 Å². The quantitative estimate of drug-likeness (QED) is 0.404. The van der Waals surface area contributed by atoms with E-state index in [-0.39, 0.29) is 21.6 Å². The smallest absolute Gasteiger partial charge is 0.342 e. The second-order valence-electron chi connectivity index (χ2n) is 5.82. The van der Waals surface area contributed by atoms with Crippen molar-refractivity contribution in [2.45, 2.75) is 5.22 Å². The summed E-state index contributed by atoms with van der Waals surface area (Å²) in [6.45, 7) is 0. The lowest BCUT2D eigenvalue weighted by molar-refractivity contribution is -0.131. The van der Waals surface area contributed by atoms with Crippen molar-refractivity contribution < 1.29 is 33.7 Å². The van der Waals surface area contributed by atoms with E-state index in [1.54, 1.807) is 18.2 Å². The average Bonchev–Trinajstić information content (AvgIpc) is 3.21. The molecule has 0 atom stereocenters. The Kier molecular flexibility index (Phi) is 6.38. The second kappa shape index (κ2) is 9.14. The van der Waals surface area contributed by atoms with Gasteiger partial charge in [0.2, 0.25) is 5.89 Å². The summed E-state index contributed by atoms with van der Waals surface area (Å²) >= 11 is 0.780. The van der Waals surface area contributed by atoms with E-state index >= 15 is 0 Å². The van der Waals surface area contributed by atoms with Gasteiger partial charge in [-0.25, -0.2) is 9.59 Å². The number of carboxylic acids is 2. The number of carbonyl (C=O) groups is 2. The number of methoxy groups -OCH3 is 2. The predicted octanol–water partition coefficient (Wildman–Crippen LogP) is 3.67. The van der Waals surface area contributed by atoms with Crippen LogP contribution in [-0.2, 0) is 4.79 Å². The lowest BCUT2D eigenvalue weighted by atomic mass is 10.1. The van der Waals surface area contributed by atoms with E-state index in [1.165, 1.54) is 44.6 Å². The van der Waals surface area contributed by atoms with Gasteiger partial charge in [-0.05, 0) is 47.7 Å². The Morgan fingerprint density at radius 2 is 1.63 bits per heavy atom. The van der Waals surface area contributed by atoms with Crippen molar-refractivity contribution in [2.24, 2.45) is 0 Å². The van der Waals surface area contributed by atoms with Crippen LogP contribution in [0, 0.1) is 0 Å². The Hall–Kier alpha value is -3.79. The molecule has 0 fully saturated rings. The zero-order valence-corrected chi connectivity index (χ0v) is 16.7. The zero-order chi connectivity index (χ0) is 21.7. The highest BCUT2D eigenvalue weighted by Crippen LogP contribution is 2.33. The van der Waals surface area contributed by atoms with E-state index in [9.17, 15) is 14.7 Å². The third-order valence-electron chi connectivity index (χ3n) is 3.87. The fraction of sp³-hybridized carbons (Fsp3) is 0.100. The zero-order valence-electron chi connectivity index (χ0n) is 15.9. The van der Waals surface area contributed by atoms with Crippen LogP contribution in [0.1, 0.15) is 15.9 Å². The van der Waals surface area contributed by atoms with Gasteiger partial charge in [0.1, 0.15) is 16.4 Å². The molecule has 0 aliphatic heterocycles. The van der Waals surface area contributed by atoms with Crippen molar-refractivity contribution in [2.75, 3.05) is 14.2 Å². The van der Waals surface area contributed by atoms with Crippen LogP contribution in [0.2, 0.25) is 0 Å². The molecule has 0 unspecified atom stereocenters. The van der Waals surface area contributed by atoms with E-state index in [0.29, 0.717) is 22.6 Å². The second-order valence-corrected chi connectivity index (χ2v) is 6.81. The molecule has 30 heavy (non-hydrogen) atoms. The van der Waals surface area contributed by atoms with Gasteiger partial charge in [-0.15, -0.1) is 10.2 Å². The molecular formula is C20H16N2O7S. The fourth-order valence-corrected chi connectivity index (χ4v) is 3.07. The number of carboxylic acid groups (broad SMARTS) is 2. The Bertz CT molecular complexity index is 1080. The molecule has 0 aliphatic carbocycles. The van der Waals surface area contributed by atoms with Gasteiger partial charge in [0, 0.05) is 11.6 Å². The van der Waals surface area contributed by atoms with Gasteiger partial charge in [-0.1, -0.05) is 12.1 Å². The molecule has 1 aromatic heterocycles. The maximum absolute atomic E-state index is 11.6. The monoisotopic (exact) mass is 428 g/mol. The molecule has 3 rings (SSSR count). The molecular weight excluding hydrogens is 412 g/mol. The average molecular weight is 428 g/mol. The fourth-order valence-electron chi connectivity index (χ4n) is 2.40. The van der Waals surface area contributed by atoms with Crippen molar-refractivity contribution in [1.29, 1.82) is 0 Å². The lowest BCUT2D eigenvalue weighted by Crippen LogP contribution is -1.98. The van der Waals surface area contributed by atoms with Crippen LogP contribution in [0.5, 0.6) is 11.5 Å². The standard InChI is InChI=1S/C20H16N2O7S/c1-27-14-8-13(9-15(10-14)28-2)17-21-22-20(29-17)30-16(19(25)26)7-11-3-5-12(6-4-11)18(23)24/h3-10H,1-2H3,(H,23,24)(H,25,26)/b16-7-. The topological polar surface area (TPSA) is 132 Å². The number of benzene rings is 2. The van der Waals surface area contributed by atoms with Crippen molar-refractivity contribution in [1.82, 2.24) is 10.2 Å². The summed E-state index contributed by atoms with van der Waals surface area (Å²) in [5.74, 6) is -1.01. The molecule has 0 radical (unpaired) electrons. The molecule has 3 aromatic rings. The lowest BCUT2D eigenvalue weighted by Gasteiger charge is -2.05. The van der Waals surface area contributed by atoms with Crippen molar-refractivity contribution >= 4 is 29.8 Å². The summed E-state index contributed by atoms with van der Waals surface area (Å²) in [4.78, 5) is 22.5. The molecule has 10 heteroatoms. The minimum absolute atomic E-state index is 0.0302. The molecule has 0 saturated heterocycles. The van der Waals surface area contributed by atoms with Gasteiger partial charge in [0.15, 0.2) is 0 Å². The van der Waals surface area contributed by atoms with E-state index in [1.807, 2.05) is 0 Å². The molecule has 0 spiro atoms. The summed E-state index contributed by atoms with van der Waals surface area (Å²) in [7, 11) is 3.03. The third kappa shape index (κ3) is 4.97. The largest absolute Gasteiger partial charge is 0.497 e. The number of nitrogens with zero attached hydrogens (tertiary/aromatic N) is 2. The first-order chi connectivity index (χ1) is 14.4. The SMILES string of the molecule is COc1cc(OC)cc(-c2nnc(S/C(=C\c3ccc(C(=O)O)cc3)C(=O)O)o2)c1. The molecule has 2 N–H and O–H groups in total. The van der Waals surface area contributed by atoms with Crippen LogP contribution in [0.15, 0.2) is 57.0 Å². The molecule has 1 heterocycles. The first-order valence-corrected chi connectivity index (χ1v) is 9.24. The highest BCUT2D eigenvalue weighted by Gasteiger charge is 2.17. The molecule has 0 bridgehead atoms. The van der Waals surface area contributed by atoms with Gasteiger partial charge in [-0.2, -0.15) is 0 Å². The maximum Gasteiger partial charge on any atom is 0.342 e. The highest BCUT2D eigenvalue weighted by molar-refractivity contribution is 8.03. The molecule has 0 amide bonds. The molecule has 0 saturated carbocycles. The first-order valence-electron chi connectivity index (χ1n) is 8.42. The summed E-state index contributed by atoms with van der Waals surface area (Å²) < 4.78 is 16.0. The minimum atomic E-state index is -1.19. The number of rotatable bonds is 8. The number of hydrogen-bond acceptors (Lipinski definition) is 8. The molecule has 2 aromatic carbocycles. The summed E-state index contributed by atoms with van der Waals surface area (Å²) in [5.41, 5.74) is 1.17. The Labute approximate surface area is 175 Å². The normalized spacial score (nSPS) is 11.2. The third-order valence-corrected chi connectivity index (χ3v) is 4.72. The van der Waals surface area contributed by atoms with Crippen LogP contribution in [0.4, 0.5) is 0 Å². The van der Waals surface area contributed by atoms with Gasteiger partial charge < -0.3 is 24.1 Å². The van der Waals surface area contributed by atoms with Crippen LogP contribution in [0.3, 0.4) is 0 Å². The number of ether oxygens (including phenoxy) is 2. The maximum atomic E-state index is 11.6. The van der Waals surface area contributed by atoms with E-state index in [0.717, 1.165) is 11.8 Å². The predicted molar refractivity (Wildman–Crippen MR) is 108 cm³/mol. The van der Waals surface area contributed by atoms with Crippen LogP contribution < -0.4 is 9.47 Å². The first kappa shape index (κ1) is 20.9. The number of aromatic nitrogens is 2. The van der Waals surface area contributed by atoms with Crippen molar-refractivity contribution in [3.63, 3.8) is 0 Å². The summed E-state index contributed by atoms with van der Waals surface area (Å²) in [6, 6.07) is 10.9. The van der Waals surface area contributed by atoms with E-state index in [4.69, 9.17) is 19.0 Å². The Morgan fingerprint density at radius 3 is 2.17 bits per heavy atom. The number of aliphatic carboxylic acids is 1. The minimum Gasteiger partial charge on any atom is -0.497 e. The van der Waals surface area contributed by atoms with Gasteiger partial charge in [0.05, 0.1) is 19.8 Å². The van der Waals surface area contributed by atoms with Crippen molar-refractivity contribution in [3.8, 4) is 23.0 Å². The Morgan fingerprint density at radius 1 is 1.00 bits per heavy atom. The summed E-state index contributed by atoms with van der Waals surface area (Å²) in [5, 5.41) is 26.3. The van der Waals surface area contributed by atoms with E-state index in [2.05, 4.69) is 10.2 Å². The Balaban J connectivity index is 1.85. The van der Waals surface area contributed by atoms with Crippen LogP contribution in [0.25, 0.3) is 17.5 Å². The molecule has 0 aliphatic rings. The highest BCUT2D eigenvalue weighted by atomic mass is 32.2. The van der Waals surface area contributed by atoms with Gasteiger partial charge in [-0.3, -0.25) is 0 Å². The van der Waals surface area contributed by atoms with Crippen molar-refractivity contribution in [3.05, 3.63) is 58.5 Å². The van der Waals surface area contributed by atoms with Crippen LogP contribution in [-0.4, -0.2) is 46.6 Å². The number of hydrogen-bond donors (Lipinski definition) is 2. The molecule has 9 nitrogen and oxygen atoms in total. The number of thioether (sulfide) groups is 1. The summed E-state index contributed by atoms with van der Waals surface area (Å²) in [6.07, 6.45) is 1.39. The van der Waals surface area contributed by atoms with E-state index < -0.39 is 11.9 Å². The van der Waals surface area contributed by atoms with Crippen LogP contribution >= 0.6 is 11.8 Å². The number of aromatic carboxylic acids is 1. The molecule has 154 valence electrons.